The van der Waals surface area contributed by atoms with E-state index in [-0.39, 0.29) is 17.8 Å². The molecule has 5 heterocycles. The number of piperazine rings is 1. The highest BCUT2D eigenvalue weighted by atomic mass is 16.5. The third-order valence-corrected chi connectivity index (χ3v) is 11.2. The van der Waals surface area contributed by atoms with Crippen LogP contribution in [0.25, 0.3) is 32.8 Å². The number of aromatic hydroxyl groups is 1. The monoisotopic (exact) mass is 634 g/mol. The van der Waals surface area contributed by atoms with Crippen molar-refractivity contribution in [2.45, 2.75) is 69.5 Å². The number of phenolic OH excluding ortho intramolecular Hbond substituents is 1. The number of nitrogens with one attached hydrogen (secondary N) is 1. The van der Waals surface area contributed by atoms with Gasteiger partial charge in [-0.25, -0.2) is 0 Å². The molecule has 2 N–H and O–H groups in total. The Morgan fingerprint density at radius 2 is 1.77 bits per heavy atom. The largest absolute Gasteiger partial charge is 0.508 e. The van der Waals surface area contributed by atoms with Gasteiger partial charge in [-0.3, -0.25) is 4.79 Å². The molecule has 2 bridgehead atoms. The first kappa shape index (κ1) is 30.4. The number of aromatic nitrogens is 2. The standard InChI is InChI=1S/C38H46N6O3/c1-42-18-4-6-30(42)24-47-38-40-35-20-27(34-21-31(45)19-26-5-2-3-7-32(26)34)9-12-33(35)37(41-38)44-28-10-11-29(44)23-43(22-28)36(46)13-8-25-14-16-39-17-15-25/h2-3,5,7,9,12,19-21,25,28-30,39,45H,4,6,8,10-11,13-18,22-24H2,1H3/t28?,29?,30-/m0/s1. The van der Waals surface area contributed by atoms with Crippen molar-refractivity contribution >= 4 is 33.4 Å². The van der Waals surface area contributed by atoms with Crippen LogP contribution in [0, 0.1) is 5.92 Å². The summed E-state index contributed by atoms with van der Waals surface area (Å²) in [4.78, 5) is 30.5. The molecule has 1 amide bonds. The molecular weight excluding hydrogens is 588 g/mol. The second kappa shape index (κ2) is 12.9. The van der Waals surface area contributed by atoms with E-state index in [1.807, 2.05) is 24.3 Å². The van der Waals surface area contributed by atoms with Gasteiger partial charge in [-0.05, 0) is 124 Å². The van der Waals surface area contributed by atoms with Crippen LogP contribution >= 0.6 is 0 Å². The van der Waals surface area contributed by atoms with E-state index < -0.39 is 0 Å². The number of nitrogens with zero attached hydrogens (tertiary/aromatic N) is 5. The number of anilines is 1. The van der Waals surface area contributed by atoms with Crippen molar-refractivity contribution in [3.63, 3.8) is 0 Å². The molecule has 2 unspecified atom stereocenters. The third-order valence-electron chi connectivity index (χ3n) is 11.2. The first-order chi connectivity index (χ1) is 23.0. The van der Waals surface area contributed by atoms with E-state index in [1.54, 1.807) is 6.07 Å². The van der Waals surface area contributed by atoms with Crippen molar-refractivity contribution in [1.82, 2.24) is 25.1 Å². The maximum Gasteiger partial charge on any atom is 0.319 e. The number of likely N-dealkylation sites (N-methyl/N-ethyl adjacent to an activating group) is 1. The first-order valence-electron chi connectivity index (χ1n) is 17.6. The molecule has 4 fully saturated rings. The maximum atomic E-state index is 13.4. The lowest BCUT2D eigenvalue weighted by Gasteiger charge is -2.42. The Hall–Kier alpha value is -3.95. The van der Waals surface area contributed by atoms with Crippen molar-refractivity contribution in [2.24, 2.45) is 5.92 Å². The molecule has 8 rings (SSSR count). The summed E-state index contributed by atoms with van der Waals surface area (Å²) in [6.07, 6.45) is 8.40. The van der Waals surface area contributed by atoms with Crippen LogP contribution in [0.5, 0.6) is 11.8 Å². The summed E-state index contributed by atoms with van der Waals surface area (Å²) in [5.41, 5.74) is 2.78. The SMILES string of the molecule is CN1CCC[C@H]1COc1nc(N2C3CCC2CN(C(=O)CCC2CCNCC2)C3)c2ccc(-c3cc(O)cc4ccccc34)cc2n1. The fourth-order valence-corrected chi connectivity index (χ4v) is 8.52. The topological polar surface area (TPSA) is 94.1 Å². The second-order valence-electron chi connectivity index (χ2n) is 14.2. The summed E-state index contributed by atoms with van der Waals surface area (Å²) < 4.78 is 6.38. The second-order valence-corrected chi connectivity index (χ2v) is 14.2. The zero-order chi connectivity index (χ0) is 31.9. The highest BCUT2D eigenvalue weighted by Gasteiger charge is 2.43. The van der Waals surface area contributed by atoms with Crippen LogP contribution in [0.3, 0.4) is 0 Å². The lowest BCUT2D eigenvalue weighted by Crippen LogP contribution is -2.55. The average molecular weight is 635 g/mol. The van der Waals surface area contributed by atoms with E-state index in [0.717, 1.165) is 97.0 Å². The number of hydrogen-bond donors (Lipinski definition) is 2. The van der Waals surface area contributed by atoms with Crippen molar-refractivity contribution in [3.05, 3.63) is 54.6 Å². The Morgan fingerprint density at radius 3 is 2.55 bits per heavy atom. The molecule has 0 aliphatic carbocycles. The lowest BCUT2D eigenvalue weighted by atomic mass is 9.93. The molecule has 1 aromatic heterocycles. The molecule has 246 valence electrons. The third kappa shape index (κ3) is 6.11. The van der Waals surface area contributed by atoms with Crippen LogP contribution in [0.4, 0.5) is 5.82 Å². The van der Waals surface area contributed by atoms with Gasteiger partial charge in [-0.15, -0.1) is 0 Å². The molecule has 0 saturated carbocycles. The van der Waals surface area contributed by atoms with Gasteiger partial charge in [0.1, 0.15) is 18.2 Å². The summed E-state index contributed by atoms with van der Waals surface area (Å²) in [5.74, 6) is 2.12. The summed E-state index contributed by atoms with van der Waals surface area (Å²) in [6.45, 7) is 5.27. The van der Waals surface area contributed by atoms with Crippen molar-refractivity contribution in [1.29, 1.82) is 0 Å². The molecule has 4 aromatic rings. The molecule has 4 aliphatic rings. The van der Waals surface area contributed by atoms with Gasteiger partial charge in [0, 0.05) is 43.0 Å². The normalized spacial score (nSPS) is 23.6. The predicted molar refractivity (Wildman–Crippen MR) is 186 cm³/mol. The lowest BCUT2D eigenvalue weighted by molar-refractivity contribution is -0.132. The quantitative estimate of drug-likeness (QED) is 0.259. The minimum atomic E-state index is 0.221. The number of benzene rings is 3. The number of carbonyl (C=O) groups excluding carboxylic acids is 1. The zero-order valence-corrected chi connectivity index (χ0v) is 27.4. The Morgan fingerprint density at radius 1 is 0.957 bits per heavy atom. The molecule has 4 aliphatic heterocycles. The summed E-state index contributed by atoms with van der Waals surface area (Å²) in [6, 6.07) is 19.4. The van der Waals surface area contributed by atoms with Gasteiger partial charge in [-0.1, -0.05) is 30.3 Å². The predicted octanol–water partition coefficient (Wildman–Crippen LogP) is 5.59. The average Bonchev–Trinajstić information content (AvgIpc) is 3.63. The fourth-order valence-electron chi connectivity index (χ4n) is 8.52. The van der Waals surface area contributed by atoms with Crippen LogP contribution < -0.4 is 15.0 Å². The Labute approximate surface area is 276 Å². The van der Waals surface area contributed by atoms with Gasteiger partial charge < -0.3 is 29.9 Å². The van der Waals surface area contributed by atoms with E-state index >= 15 is 0 Å². The molecule has 0 spiro atoms. The van der Waals surface area contributed by atoms with E-state index in [0.29, 0.717) is 36.9 Å². The van der Waals surface area contributed by atoms with Crippen molar-refractivity contribution in [3.8, 4) is 22.9 Å². The molecule has 4 saturated heterocycles. The van der Waals surface area contributed by atoms with E-state index in [1.165, 1.54) is 19.3 Å². The summed E-state index contributed by atoms with van der Waals surface area (Å²) in [7, 11) is 2.16. The summed E-state index contributed by atoms with van der Waals surface area (Å²) in [5, 5.41) is 17.1. The van der Waals surface area contributed by atoms with Gasteiger partial charge >= 0.3 is 6.01 Å². The van der Waals surface area contributed by atoms with Gasteiger partial charge in [0.15, 0.2) is 0 Å². The van der Waals surface area contributed by atoms with Crippen molar-refractivity contribution in [2.75, 3.05) is 51.3 Å². The number of phenols is 1. The van der Waals surface area contributed by atoms with Gasteiger partial charge in [0.05, 0.1) is 5.52 Å². The Kier molecular flexibility index (Phi) is 8.35. The number of fused-ring (bicyclic) bond motifs is 4. The molecule has 9 heteroatoms. The Bertz CT molecular complexity index is 1760. The van der Waals surface area contributed by atoms with Gasteiger partial charge in [0.25, 0.3) is 0 Å². The Balaban J connectivity index is 1.11. The number of hydrogen-bond acceptors (Lipinski definition) is 8. The van der Waals surface area contributed by atoms with Crippen LogP contribution in [0.2, 0.25) is 0 Å². The van der Waals surface area contributed by atoms with E-state index in [4.69, 9.17) is 14.7 Å². The van der Waals surface area contributed by atoms with Crippen molar-refractivity contribution < 1.29 is 14.6 Å². The summed E-state index contributed by atoms with van der Waals surface area (Å²) >= 11 is 0. The van der Waals surface area contributed by atoms with E-state index in [9.17, 15) is 9.90 Å². The number of ether oxygens (including phenoxy) is 1. The molecule has 3 atom stereocenters. The zero-order valence-electron chi connectivity index (χ0n) is 27.4. The fraction of sp³-hybridized carbons (Fsp3) is 0.500. The number of likely N-dealkylation sites (tertiary alicyclic amines) is 2. The van der Waals surface area contributed by atoms with Gasteiger partial charge in [0.2, 0.25) is 5.91 Å². The maximum absolute atomic E-state index is 13.4. The molecule has 47 heavy (non-hydrogen) atoms. The highest BCUT2D eigenvalue weighted by molar-refractivity contribution is 6.01. The van der Waals surface area contributed by atoms with Gasteiger partial charge in [-0.2, -0.15) is 9.97 Å². The first-order valence-corrected chi connectivity index (χ1v) is 17.6. The number of amides is 1. The number of rotatable bonds is 8. The number of carbonyl (C=O) groups is 1. The molecule has 0 radical (unpaired) electrons. The van der Waals surface area contributed by atoms with Crippen LogP contribution in [-0.2, 0) is 4.79 Å². The van der Waals surface area contributed by atoms with Crippen LogP contribution in [0.15, 0.2) is 54.6 Å². The molecule has 9 nitrogen and oxygen atoms in total. The highest BCUT2D eigenvalue weighted by Crippen LogP contribution is 2.40. The smallest absolute Gasteiger partial charge is 0.319 e. The minimum Gasteiger partial charge on any atom is -0.508 e. The van der Waals surface area contributed by atoms with Crippen LogP contribution in [-0.4, -0.2) is 95.3 Å². The number of piperidine rings is 1. The van der Waals surface area contributed by atoms with Crippen LogP contribution in [0.1, 0.15) is 51.4 Å². The molecular formula is C38H46N6O3. The minimum absolute atomic E-state index is 0.221. The molecule has 3 aromatic carbocycles. The van der Waals surface area contributed by atoms with E-state index in [2.05, 4.69) is 51.3 Å².